The molecule has 0 N–H and O–H groups in total. The van der Waals surface area contributed by atoms with Crippen molar-refractivity contribution in [3.8, 4) is 27.9 Å². The predicted octanol–water partition coefficient (Wildman–Crippen LogP) is 12.4. The second-order valence-electron chi connectivity index (χ2n) is 13.6. The Kier molecular flexibility index (Phi) is 6.49. The van der Waals surface area contributed by atoms with E-state index in [0.717, 1.165) is 6.42 Å². The molecule has 11 rings (SSSR count). The summed E-state index contributed by atoms with van der Waals surface area (Å²) in [6.07, 6.45) is 5.99. The molecular weight excluding hydrogens is 655 g/mol. The number of hydrogen-bond acceptors (Lipinski definition) is 2. The van der Waals surface area contributed by atoms with E-state index in [1.807, 2.05) is 22.7 Å². The zero-order chi connectivity index (χ0) is 33.5. The Labute approximate surface area is 303 Å². The van der Waals surface area contributed by atoms with Gasteiger partial charge in [-0.1, -0.05) is 140 Å². The van der Waals surface area contributed by atoms with Crippen molar-refractivity contribution >= 4 is 86.9 Å². The number of fused-ring (bicyclic) bond motifs is 9. The topological polar surface area (TPSA) is 4.93 Å². The molecule has 1 unspecified atom stereocenters. The van der Waals surface area contributed by atoms with Crippen molar-refractivity contribution in [1.82, 2.24) is 4.57 Å². The molecule has 1 nitrogen and oxygen atoms in total. The normalized spacial score (nSPS) is 14.3. The molecule has 3 heteroatoms. The van der Waals surface area contributed by atoms with Gasteiger partial charge in [0.2, 0.25) is 0 Å². The third-order valence-electron chi connectivity index (χ3n) is 10.8. The van der Waals surface area contributed by atoms with E-state index < -0.39 is 0 Å². The molecule has 0 bridgehead atoms. The van der Waals surface area contributed by atoms with Gasteiger partial charge >= 0.3 is 0 Å². The molecule has 0 saturated heterocycles. The van der Waals surface area contributed by atoms with Crippen LogP contribution in [-0.4, -0.2) is 4.57 Å². The number of thiophene rings is 2. The number of aromatic nitrogens is 1. The Hall–Kier alpha value is -5.74. The van der Waals surface area contributed by atoms with Gasteiger partial charge in [-0.05, 0) is 69.6 Å². The predicted molar refractivity (Wildman–Crippen MR) is 222 cm³/mol. The average molecular weight is 686 g/mol. The molecular formula is C48H31NS2. The summed E-state index contributed by atoms with van der Waals surface area (Å²) in [5.74, 6) is 0.277. The van der Waals surface area contributed by atoms with Crippen molar-refractivity contribution < 1.29 is 0 Å². The SMILES string of the molecule is C1=c2sc3ccccc3c2=CCC1c1cccc2c3cccc(-c4ccc5c(c4)sc4ccccc45)c3n(-c3ccc(-c4ccccc4)cc3)c12. The van der Waals surface area contributed by atoms with Crippen molar-refractivity contribution in [2.24, 2.45) is 0 Å². The van der Waals surface area contributed by atoms with Gasteiger partial charge in [-0.15, -0.1) is 22.7 Å². The van der Waals surface area contributed by atoms with Crippen LogP contribution in [0.4, 0.5) is 0 Å². The van der Waals surface area contributed by atoms with E-state index in [2.05, 4.69) is 174 Å². The largest absolute Gasteiger partial charge is 0.308 e. The number of hydrogen-bond donors (Lipinski definition) is 0. The van der Waals surface area contributed by atoms with E-state index >= 15 is 0 Å². The van der Waals surface area contributed by atoms with Gasteiger partial charge in [0.15, 0.2) is 0 Å². The van der Waals surface area contributed by atoms with Gasteiger partial charge in [-0.25, -0.2) is 0 Å². The van der Waals surface area contributed by atoms with Gasteiger partial charge in [0.05, 0.1) is 11.0 Å². The van der Waals surface area contributed by atoms with Crippen LogP contribution in [0, 0.1) is 0 Å². The fourth-order valence-corrected chi connectivity index (χ4v) is 10.7. The lowest BCUT2D eigenvalue weighted by atomic mass is 9.90. The molecule has 0 saturated carbocycles. The van der Waals surface area contributed by atoms with Gasteiger partial charge in [-0.2, -0.15) is 0 Å². The molecule has 0 aliphatic heterocycles. The molecule has 0 fully saturated rings. The lowest BCUT2D eigenvalue weighted by Gasteiger charge is -2.18. The second kappa shape index (κ2) is 11.4. The fourth-order valence-electron chi connectivity index (χ4n) is 8.39. The maximum absolute atomic E-state index is 2.56. The minimum absolute atomic E-state index is 0.277. The molecule has 51 heavy (non-hydrogen) atoms. The van der Waals surface area contributed by atoms with Crippen LogP contribution in [-0.2, 0) is 0 Å². The smallest absolute Gasteiger partial charge is 0.0619 e. The molecule has 1 atom stereocenters. The molecule has 1 aliphatic rings. The second-order valence-corrected chi connectivity index (χ2v) is 15.8. The van der Waals surface area contributed by atoms with Crippen molar-refractivity contribution in [3.63, 3.8) is 0 Å². The number of rotatable bonds is 4. The van der Waals surface area contributed by atoms with Gasteiger partial charge in [0.25, 0.3) is 0 Å². The zero-order valence-corrected chi connectivity index (χ0v) is 29.3. The first kappa shape index (κ1) is 29.0. The van der Waals surface area contributed by atoms with E-state index in [1.165, 1.54) is 95.3 Å². The van der Waals surface area contributed by atoms with Gasteiger partial charge in [-0.3, -0.25) is 0 Å². The van der Waals surface area contributed by atoms with Crippen molar-refractivity contribution in [1.29, 1.82) is 0 Å². The molecule has 0 radical (unpaired) electrons. The average Bonchev–Trinajstić information content (AvgIpc) is 3.87. The van der Waals surface area contributed by atoms with Crippen LogP contribution in [0.5, 0.6) is 0 Å². The highest BCUT2D eigenvalue weighted by Crippen LogP contribution is 2.44. The minimum atomic E-state index is 0.277. The molecule has 7 aromatic carbocycles. The monoisotopic (exact) mass is 685 g/mol. The summed E-state index contributed by atoms with van der Waals surface area (Å²) in [7, 11) is 0. The molecule has 3 heterocycles. The van der Waals surface area contributed by atoms with Crippen LogP contribution in [0.25, 0.3) is 92.2 Å². The first-order chi connectivity index (χ1) is 25.3. The molecule has 3 aromatic heterocycles. The van der Waals surface area contributed by atoms with Gasteiger partial charge < -0.3 is 4.57 Å². The Balaban J connectivity index is 1.18. The summed E-state index contributed by atoms with van der Waals surface area (Å²) in [5, 5.41) is 8.02. The standard InChI is InChI=1S/C48H31NS2/c1-2-10-30(11-3-1)31-20-24-34(25-21-31)49-47-35(32-22-26-39-37-12-4-6-18-43(37)50-45(39)28-32)14-8-16-41(47)42-17-9-15-36(48(42)49)33-23-27-40-38-13-5-7-19-44(38)51-46(40)29-33/h1-22,24-29,33H,23H2. The van der Waals surface area contributed by atoms with Crippen LogP contribution < -0.4 is 9.75 Å². The summed E-state index contributed by atoms with van der Waals surface area (Å²) in [4.78, 5) is 0. The molecule has 0 amide bonds. The van der Waals surface area contributed by atoms with Crippen LogP contribution >= 0.6 is 22.7 Å². The van der Waals surface area contributed by atoms with Gasteiger partial charge in [0, 0.05) is 57.3 Å². The lowest BCUT2D eigenvalue weighted by Crippen LogP contribution is -2.23. The number of nitrogens with zero attached hydrogens (tertiary/aromatic N) is 1. The Morgan fingerprint density at radius 3 is 1.96 bits per heavy atom. The highest BCUT2D eigenvalue weighted by molar-refractivity contribution is 7.25. The quantitative estimate of drug-likeness (QED) is 0.174. The lowest BCUT2D eigenvalue weighted by molar-refractivity contribution is 0.927. The van der Waals surface area contributed by atoms with E-state index in [9.17, 15) is 0 Å². The summed E-state index contributed by atoms with van der Waals surface area (Å²) in [6, 6.07) is 58.4. The maximum atomic E-state index is 2.56. The Morgan fingerprint density at radius 2 is 1.12 bits per heavy atom. The van der Waals surface area contributed by atoms with Crippen molar-refractivity contribution in [3.05, 3.63) is 173 Å². The zero-order valence-electron chi connectivity index (χ0n) is 27.7. The van der Waals surface area contributed by atoms with E-state index in [1.54, 1.807) is 0 Å². The van der Waals surface area contributed by atoms with Crippen LogP contribution in [0.2, 0.25) is 0 Å². The first-order valence-electron chi connectivity index (χ1n) is 17.6. The van der Waals surface area contributed by atoms with E-state index in [0.29, 0.717) is 0 Å². The summed E-state index contributed by atoms with van der Waals surface area (Å²) in [6.45, 7) is 0. The number of para-hydroxylation sites is 2. The number of benzene rings is 7. The van der Waals surface area contributed by atoms with Crippen LogP contribution in [0.3, 0.4) is 0 Å². The van der Waals surface area contributed by atoms with Gasteiger partial charge in [0.1, 0.15) is 0 Å². The Morgan fingerprint density at radius 1 is 0.471 bits per heavy atom. The van der Waals surface area contributed by atoms with Crippen LogP contribution in [0.15, 0.2) is 158 Å². The fraction of sp³-hybridized carbons (Fsp3) is 0.0417. The summed E-state index contributed by atoms with van der Waals surface area (Å²) < 4.78 is 7.97. The molecule has 240 valence electrons. The van der Waals surface area contributed by atoms with Crippen molar-refractivity contribution in [2.75, 3.05) is 0 Å². The third-order valence-corrected chi connectivity index (χ3v) is 13.0. The first-order valence-corrected chi connectivity index (χ1v) is 19.2. The van der Waals surface area contributed by atoms with E-state index in [-0.39, 0.29) is 5.92 Å². The summed E-state index contributed by atoms with van der Waals surface area (Å²) in [5.41, 5.74) is 10.1. The van der Waals surface area contributed by atoms with Crippen molar-refractivity contribution in [2.45, 2.75) is 12.3 Å². The third kappa shape index (κ3) is 4.52. The maximum Gasteiger partial charge on any atom is 0.0619 e. The minimum Gasteiger partial charge on any atom is -0.308 e. The highest BCUT2D eigenvalue weighted by atomic mass is 32.1. The molecule has 0 spiro atoms. The van der Waals surface area contributed by atoms with E-state index in [4.69, 9.17) is 0 Å². The highest BCUT2D eigenvalue weighted by Gasteiger charge is 2.23. The van der Waals surface area contributed by atoms with Crippen LogP contribution in [0.1, 0.15) is 17.9 Å². The Bertz CT molecular complexity index is 3100. The summed E-state index contributed by atoms with van der Waals surface area (Å²) >= 11 is 3.80. The molecule has 1 aliphatic carbocycles. The molecule has 10 aromatic rings.